The summed E-state index contributed by atoms with van der Waals surface area (Å²) in [5.74, 6) is 0. The molecule has 10 N–H and O–H groups in total. The van der Waals surface area contributed by atoms with Gasteiger partial charge in [-0.25, -0.2) is 0 Å². The van der Waals surface area contributed by atoms with Crippen molar-refractivity contribution in [2.75, 3.05) is 0 Å². The summed E-state index contributed by atoms with van der Waals surface area (Å²) < 4.78 is 9.89. The second kappa shape index (κ2) is 6.38. The van der Waals surface area contributed by atoms with Gasteiger partial charge in [-0.1, -0.05) is 0 Å². The number of hydrogen-bond acceptors (Lipinski definition) is 9. The second-order valence-electron chi connectivity index (χ2n) is 5.49. The van der Waals surface area contributed by atoms with E-state index in [2.05, 4.69) is 5.73 Å². The molecular weight excluding hydrogens is 290 g/mol. The van der Waals surface area contributed by atoms with E-state index in [0.717, 1.165) is 0 Å². The van der Waals surface area contributed by atoms with Crippen molar-refractivity contribution in [2.45, 2.75) is 67.8 Å². The average Bonchev–Trinajstić information content (AvgIpc) is 2.70. The van der Waals surface area contributed by atoms with Crippen LogP contribution in [0.1, 0.15) is 6.42 Å². The molecule has 2 aliphatic heterocycles. The van der Waals surface area contributed by atoms with E-state index in [1.165, 1.54) is 0 Å². The standard InChI is InChI=1S/C11H21NO9/c12-4-6(15)5(14)3(20-10(4)18)1-2(13)9-7(16)8(17)11(19)21-9/h2-11,13-19H,1,12H2/p+1/t2?,3-,4-,5+,6-,7+,8-,9-,10?,11-/m1/s1. The van der Waals surface area contributed by atoms with Gasteiger partial charge in [-0.15, -0.1) is 0 Å². The summed E-state index contributed by atoms with van der Waals surface area (Å²) in [5, 5.41) is 67.3. The van der Waals surface area contributed by atoms with Crippen molar-refractivity contribution in [3.8, 4) is 0 Å². The van der Waals surface area contributed by atoms with Gasteiger partial charge in [0, 0.05) is 6.42 Å². The fraction of sp³-hybridized carbons (Fsp3) is 1.00. The maximum Gasteiger partial charge on any atom is 0.211 e. The molecule has 0 aromatic heterocycles. The molecule has 10 atom stereocenters. The summed E-state index contributed by atoms with van der Waals surface area (Å²) in [4.78, 5) is 0. The van der Waals surface area contributed by atoms with Gasteiger partial charge in [0.25, 0.3) is 0 Å². The third kappa shape index (κ3) is 3.19. The minimum Gasteiger partial charge on any atom is -0.390 e. The zero-order valence-electron chi connectivity index (χ0n) is 11.1. The normalized spacial score (nSPS) is 52.9. The van der Waals surface area contributed by atoms with Gasteiger partial charge in [0.05, 0.1) is 12.2 Å². The Morgan fingerprint density at radius 1 is 0.810 bits per heavy atom. The highest BCUT2D eigenvalue weighted by atomic mass is 16.7. The van der Waals surface area contributed by atoms with E-state index in [-0.39, 0.29) is 6.42 Å². The Hall–Kier alpha value is -0.400. The molecule has 0 amide bonds. The zero-order valence-corrected chi connectivity index (χ0v) is 11.1. The summed E-state index contributed by atoms with van der Waals surface area (Å²) in [7, 11) is 0. The van der Waals surface area contributed by atoms with Crippen LogP contribution in [0, 0.1) is 0 Å². The van der Waals surface area contributed by atoms with E-state index < -0.39 is 61.3 Å². The van der Waals surface area contributed by atoms with Crippen molar-refractivity contribution in [2.24, 2.45) is 0 Å². The number of aliphatic hydroxyl groups excluding tert-OH is 7. The van der Waals surface area contributed by atoms with Crippen molar-refractivity contribution in [3.63, 3.8) is 0 Å². The van der Waals surface area contributed by atoms with Crippen molar-refractivity contribution < 1.29 is 51.0 Å². The van der Waals surface area contributed by atoms with Gasteiger partial charge >= 0.3 is 0 Å². The Morgan fingerprint density at radius 2 is 1.43 bits per heavy atom. The Kier molecular flexibility index (Phi) is 5.15. The summed E-state index contributed by atoms with van der Waals surface area (Å²) >= 11 is 0. The lowest BCUT2D eigenvalue weighted by molar-refractivity contribution is -0.497. The van der Waals surface area contributed by atoms with E-state index in [1.54, 1.807) is 0 Å². The number of aliphatic hydroxyl groups is 7. The van der Waals surface area contributed by atoms with Gasteiger partial charge in [-0.3, -0.25) is 0 Å². The van der Waals surface area contributed by atoms with Crippen molar-refractivity contribution >= 4 is 0 Å². The van der Waals surface area contributed by atoms with E-state index >= 15 is 0 Å². The largest absolute Gasteiger partial charge is 0.390 e. The van der Waals surface area contributed by atoms with Gasteiger partial charge in [0.1, 0.15) is 30.5 Å². The third-order valence-corrected chi connectivity index (χ3v) is 3.98. The van der Waals surface area contributed by atoms with Crippen LogP contribution >= 0.6 is 0 Å². The van der Waals surface area contributed by atoms with Gasteiger partial charge in [-0.05, 0) is 0 Å². The number of ether oxygens (including phenoxy) is 2. The van der Waals surface area contributed by atoms with E-state index in [4.69, 9.17) is 9.47 Å². The molecule has 0 radical (unpaired) electrons. The molecule has 2 fully saturated rings. The van der Waals surface area contributed by atoms with E-state index in [9.17, 15) is 35.7 Å². The molecule has 2 heterocycles. The first-order valence-electron chi connectivity index (χ1n) is 6.64. The average molecular weight is 312 g/mol. The summed E-state index contributed by atoms with van der Waals surface area (Å²) in [6.45, 7) is 0. The minimum atomic E-state index is -1.63. The predicted molar refractivity (Wildman–Crippen MR) is 63.1 cm³/mol. The molecule has 21 heavy (non-hydrogen) atoms. The Morgan fingerprint density at radius 3 is 1.95 bits per heavy atom. The fourth-order valence-corrected chi connectivity index (χ4v) is 2.57. The number of hydrogen-bond donors (Lipinski definition) is 8. The maximum absolute atomic E-state index is 9.99. The monoisotopic (exact) mass is 312 g/mol. The molecule has 2 saturated heterocycles. The highest BCUT2D eigenvalue weighted by Gasteiger charge is 2.49. The number of rotatable bonds is 3. The first-order chi connectivity index (χ1) is 9.73. The van der Waals surface area contributed by atoms with Crippen LogP contribution in [0.3, 0.4) is 0 Å². The maximum atomic E-state index is 9.99. The van der Waals surface area contributed by atoms with E-state index in [0.29, 0.717) is 0 Å². The van der Waals surface area contributed by atoms with Gasteiger partial charge < -0.3 is 51.0 Å². The molecule has 0 bridgehead atoms. The molecule has 0 spiro atoms. The van der Waals surface area contributed by atoms with Crippen LogP contribution < -0.4 is 5.73 Å². The van der Waals surface area contributed by atoms with E-state index in [1.807, 2.05) is 0 Å². The lowest BCUT2D eigenvalue weighted by atomic mass is 9.92. The van der Waals surface area contributed by atoms with Crippen molar-refractivity contribution in [1.29, 1.82) is 0 Å². The van der Waals surface area contributed by atoms with Crippen LogP contribution in [0.15, 0.2) is 0 Å². The van der Waals surface area contributed by atoms with Crippen LogP contribution in [0.5, 0.6) is 0 Å². The summed E-state index contributed by atoms with van der Waals surface area (Å²) in [6.07, 6.45) is -12.9. The van der Waals surface area contributed by atoms with Crippen molar-refractivity contribution in [1.82, 2.24) is 0 Å². The Balaban J connectivity index is 1.98. The lowest BCUT2D eigenvalue weighted by Crippen LogP contribution is -2.77. The Bertz CT molecular complexity index is 359. The molecule has 0 saturated carbocycles. The van der Waals surface area contributed by atoms with Gasteiger partial charge in [-0.2, -0.15) is 0 Å². The molecule has 2 rings (SSSR count). The molecule has 124 valence electrons. The van der Waals surface area contributed by atoms with Crippen LogP contribution in [0.2, 0.25) is 0 Å². The fourth-order valence-electron chi connectivity index (χ4n) is 2.57. The van der Waals surface area contributed by atoms with Gasteiger partial charge in [0.15, 0.2) is 12.3 Å². The molecule has 10 nitrogen and oxygen atoms in total. The van der Waals surface area contributed by atoms with Crippen LogP contribution in [0.4, 0.5) is 0 Å². The van der Waals surface area contributed by atoms with Gasteiger partial charge in [0.2, 0.25) is 6.29 Å². The first kappa shape index (κ1) is 17.0. The highest BCUT2D eigenvalue weighted by molar-refractivity contribution is 4.94. The van der Waals surface area contributed by atoms with Crippen LogP contribution in [-0.4, -0.2) is 97.1 Å². The summed E-state index contributed by atoms with van der Waals surface area (Å²) in [6, 6.07) is -0.939. The lowest BCUT2D eigenvalue weighted by Gasteiger charge is -2.38. The summed E-state index contributed by atoms with van der Waals surface area (Å²) in [5.41, 5.74) is 3.45. The molecule has 10 heteroatoms. The second-order valence-corrected chi connectivity index (χ2v) is 5.49. The molecule has 0 aromatic carbocycles. The topological polar surface area (TPSA) is 188 Å². The SMILES string of the molecule is [NH3+][C@H]1C(O)O[C@H](CC(O)[C@H]2O[C@@H](O)[C@H](O)[C@@H]2O)[C@H](O)[C@@H]1O. The highest BCUT2D eigenvalue weighted by Crippen LogP contribution is 2.27. The minimum absolute atomic E-state index is 0.289. The zero-order chi connectivity index (χ0) is 15.9. The molecule has 0 aromatic rings. The first-order valence-corrected chi connectivity index (χ1v) is 6.64. The van der Waals surface area contributed by atoms with Crippen LogP contribution in [-0.2, 0) is 9.47 Å². The molecule has 0 aliphatic carbocycles. The third-order valence-electron chi connectivity index (χ3n) is 3.98. The predicted octanol–water partition coefficient (Wildman–Crippen LogP) is -5.77. The molecule has 2 aliphatic rings. The van der Waals surface area contributed by atoms with Crippen molar-refractivity contribution in [3.05, 3.63) is 0 Å². The van der Waals surface area contributed by atoms with Crippen LogP contribution in [0.25, 0.3) is 0 Å². The molecule has 2 unspecified atom stereocenters. The quantitative estimate of drug-likeness (QED) is 0.251. The Labute approximate surface area is 120 Å². The number of quaternary nitrogens is 1. The molecular formula is C11H22NO9+. The smallest absolute Gasteiger partial charge is 0.211 e.